The quantitative estimate of drug-likeness (QED) is 0.132. The first kappa shape index (κ1) is 31.7. The van der Waals surface area contributed by atoms with Crippen molar-refractivity contribution in [3.63, 3.8) is 0 Å². The SMILES string of the molecule is CCOc1cc(C2C(C(=O)Nc3ccccc3)=C(C)Nc3nc(SCc4ccccc4Cl)nn32)ccc1OCc1ccc(Br)cc1. The Bertz CT molecular complexity index is 1880. The number of aromatic nitrogens is 3. The van der Waals surface area contributed by atoms with Crippen molar-refractivity contribution in [3.8, 4) is 11.5 Å². The Hall–Kier alpha value is -4.25. The smallest absolute Gasteiger partial charge is 0.255 e. The molecular weight excluding hydrogens is 686 g/mol. The van der Waals surface area contributed by atoms with Gasteiger partial charge in [0.25, 0.3) is 5.91 Å². The summed E-state index contributed by atoms with van der Waals surface area (Å²) in [5.74, 6) is 2.06. The zero-order valence-electron chi connectivity index (χ0n) is 25.2. The molecule has 234 valence electrons. The molecule has 11 heteroatoms. The summed E-state index contributed by atoms with van der Waals surface area (Å²) >= 11 is 11.4. The summed E-state index contributed by atoms with van der Waals surface area (Å²) in [5.41, 5.74) is 4.69. The van der Waals surface area contributed by atoms with E-state index in [4.69, 9.17) is 31.2 Å². The minimum atomic E-state index is -0.596. The van der Waals surface area contributed by atoms with E-state index in [-0.39, 0.29) is 5.91 Å². The number of rotatable bonds is 11. The normalized spacial score (nSPS) is 14.0. The van der Waals surface area contributed by atoms with E-state index in [2.05, 4.69) is 26.6 Å². The van der Waals surface area contributed by atoms with Crippen LogP contribution in [0.1, 0.15) is 36.6 Å². The topological polar surface area (TPSA) is 90.3 Å². The molecule has 1 unspecified atom stereocenters. The van der Waals surface area contributed by atoms with E-state index >= 15 is 0 Å². The van der Waals surface area contributed by atoms with Gasteiger partial charge in [0, 0.05) is 26.6 Å². The summed E-state index contributed by atoms with van der Waals surface area (Å²) < 4.78 is 15.0. The molecule has 1 aliphatic heterocycles. The van der Waals surface area contributed by atoms with Crippen LogP contribution >= 0.6 is 39.3 Å². The Labute approximate surface area is 285 Å². The third-order valence-corrected chi connectivity index (χ3v) is 9.10. The summed E-state index contributed by atoms with van der Waals surface area (Å²) in [4.78, 5) is 18.7. The number of allylic oxidation sites excluding steroid dienone is 1. The lowest BCUT2D eigenvalue weighted by Crippen LogP contribution is -2.31. The molecule has 5 aromatic rings. The molecule has 4 aromatic carbocycles. The lowest BCUT2D eigenvalue weighted by Gasteiger charge is -2.29. The molecule has 0 spiro atoms. The number of para-hydroxylation sites is 1. The van der Waals surface area contributed by atoms with Gasteiger partial charge in [-0.05, 0) is 73.0 Å². The van der Waals surface area contributed by atoms with Crippen molar-refractivity contribution < 1.29 is 14.3 Å². The Morgan fingerprint density at radius 2 is 1.76 bits per heavy atom. The monoisotopic (exact) mass is 715 g/mol. The van der Waals surface area contributed by atoms with Crippen LogP contribution < -0.4 is 20.1 Å². The van der Waals surface area contributed by atoms with Crippen LogP contribution in [0.4, 0.5) is 11.6 Å². The maximum Gasteiger partial charge on any atom is 0.255 e. The Morgan fingerprint density at radius 3 is 2.52 bits per heavy atom. The standard InChI is InChI=1S/C35H31BrClN5O3S/c1-3-44-30-19-24(15-18-29(30)45-20-23-13-16-26(36)17-14-23)32-31(33(43)39-27-10-5-4-6-11-27)22(2)38-34-40-35(41-42(32)34)46-21-25-9-7-8-12-28(25)37/h4-19,32H,3,20-21H2,1-2H3,(H,39,43)(H,38,40,41). The van der Waals surface area contributed by atoms with E-state index < -0.39 is 6.04 Å². The number of carbonyl (C=O) groups excluding carboxylic acids is 1. The summed E-state index contributed by atoms with van der Waals surface area (Å²) in [7, 11) is 0. The number of hydrogen-bond acceptors (Lipinski definition) is 7. The molecule has 8 nitrogen and oxygen atoms in total. The first-order valence-corrected chi connectivity index (χ1v) is 16.9. The molecule has 1 atom stereocenters. The van der Waals surface area contributed by atoms with Gasteiger partial charge in [0.1, 0.15) is 12.6 Å². The molecular formula is C35H31BrClN5O3S. The lowest BCUT2D eigenvalue weighted by molar-refractivity contribution is -0.113. The van der Waals surface area contributed by atoms with Crippen molar-refractivity contribution >= 4 is 56.8 Å². The maximum absolute atomic E-state index is 13.9. The number of anilines is 2. The minimum Gasteiger partial charge on any atom is -0.490 e. The van der Waals surface area contributed by atoms with E-state index in [0.717, 1.165) is 21.2 Å². The lowest BCUT2D eigenvalue weighted by atomic mass is 9.94. The number of benzene rings is 4. The first-order valence-electron chi connectivity index (χ1n) is 14.7. The second-order valence-corrected chi connectivity index (χ2v) is 12.7. The molecule has 2 heterocycles. The van der Waals surface area contributed by atoms with Crippen molar-refractivity contribution in [2.24, 2.45) is 0 Å². The van der Waals surface area contributed by atoms with Gasteiger partial charge < -0.3 is 20.1 Å². The third kappa shape index (κ3) is 7.25. The highest BCUT2D eigenvalue weighted by Gasteiger charge is 2.35. The summed E-state index contributed by atoms with van der Waals surface area (Å²) in [5, 5.41) is 12.5. The highest BCUT2D eigenvalue weighted by Crippen LogP contribution is 2.40. The molecule has 0 bridgehead atoms. The fourth-order valence-electron chi connectivity index (χ4n) is 5.10. The van der Waals surface area contributed by atoms with Crippen molar-refractivity contribution in [1.82, 2.24) is 14.8 Å². The average molecular weight is 717 g/mol. The zero-order valence-corrected chi connectivity index (χ0v) is 28.3. The number of carbonyl (C=O) groups is 1. The fourth-order valence-corrected chi connectivity index (χ4v) is 6.48. The number of nitrogens with zero attached hydrogens (tertiary/aromatic N) is 3. The number of ether oxygens (including phenoxy) is 2. The van der Waals surface area contributed by atoms with Gasteiger partial charge in [-0.2, -0.15) is 4.98 Å². The third-order valence-electron chi connectivity index (χ3n) is 7.31. The van der Waals surface area contributed by atoms with E-state index in [1.807, 2.05) is 111 Å². The molecule has 0 radical (unpaired) electrons. The van der Waals surface area contributed by atoms with Crippen LogP contribution in [0.25, 0.3) is 0 Å². The van der Waals surface area contributed by atoms with Gasteiger partial charge in [0.05, 0.1) is 12.2 Å². The second kappa shape index (κ2) is 14.5. The van der Waals surface area contributed by atoms with Gasteiger partial charge in [-0.1, -0.05) is 93.9 Å². The highest BCUT2D eigenvalue weighted by atomic mass is 79.9. The first-order chi connectivity index (χ1) is 22.4. The van der Waals surface area contributed by atoms with E-state index in [1.165, 1.54) is 11.8 Å². The molecule has 46 heavy (non-hydrogen) atoms. The summed E-state index contributed by atoms with van der Waals surface area (Å²) in [6, 6.07) is 30.2. The van der Waals surface area contributed by atoms with Crippen molar-refractivity contribution in [2.45, 2.75) is 37.4 Å². The Balaban J connectivity index is 1.35. The Morgan fingerprint density at radius 1 is 1.00 bits per heavy atom. The Kier molecular flexibility index (Phi) is 9.97. The number of fused-ring (bicyclic) bond motifs is 1. The van der Waals surface area contributed by atoms with Crippen LogP contribution in [0.2, 0.25) is 5.02 Å². The molecule has 0 fully saturated rings. The zero-order chi connectivity index (χ0) is 32.0. The molecule has 1 aliphatic rings. The van der Waals surface area contributed by atoms with Crippen LogP contribution in [0.15, 0.2) is 118 Å². The van der Waals surface area contributed by atoms with E-state index in [1.54, 1.807) is 4.68 Å². The van der Waals surface area contributed by atoms with Crippen LogP contribution in [-0.2, 0) is 17.2 Å². The molecule has 6 rings (SSSR count). The fraction of sp³-hybridized carbons (Fsp3) is 0.171. The predicted molar refractivity (Wildman–Crippen MR) is 187 cm³/mol. The van der Waals surface area contributed by atoms with Gasteiger partial charge in [-0.3, -0.25) is 4.79 Å². The molecule has 2 N–H and O–H groups in total. The molecule has 1 amide bonds. The number of halogens is 2. The van der Waals surface area contributed by atoms with Crippen LogP contribution in [0.3, 0.4) is 0 Å². The van der Waals surface area contributed by atoms with Gasteiger partial charge in [-0.15, -0.1) is 5.10 Å². The largest absolute Gasteiger partial charge is 0.490 e. The van der Waals surface area contributed by atoms with Gasteiger partial charge >= 0.3 is 0 Å². The van der Waals surface area contributed by atoms with Crippen LogP contribution in [-0.4, -0.2) is 27.3 Å². The highest BCUT2D eigenvalue weighted by molar-refractivity contribution is 9.10. The molecule has 0 aliphatic carbocycles. The minimum absolute atomic E-state index is 0.249. The van der Waals surface area contributed by atoms with Crippen molar-refractivity contribution in [1.29, 1.82) is 0 Å². The van der Waals surface area contributed by atoms with Crippen molar-refractivity contribution in [3.05, 3.63) is 135 Å². The number of amides is 1. The average Bonchev–Trinajstić information content (AvgIpc) is 3.46. The van der Waals surface area contributed by atoms with Crippen LogP contribution in [0, 0.1) is 0 Å². The molecule has 1 aromatic heterocycles. The van der Waals surface area contributed by atoms with Gasteiger partial charge in [0.15, 0.2) is 11.5 Å². The summed E-state index contributed by atoms with van der Waals surface area (Å²) in [6.45, 7) is 4.62. The van der Waals surface area contributed by atoms with Crippen LogP contribution in [0.5, 0.6) is 11.5 Å². The van der Waals surface area contributed by atoms with Gasteiger partial charge in [-0.25, -0.2) is 4.68 Å². The van der Waals surface area contributed by atoms with Crippen molar-refractivity contribution in [2.75, 3.05) is 17.2 Å². The second-order valence-electron chi connectivity index (χ2n) is 10.5. The number of thioether (sulfide) groups is 1. The molecule has 0 saturated carbocycles. The maximum atomic E-state index is 13.9. The predicted octanol–water partition coefficient (Wildman–Crippen LogP) is 8.89. The van der Waals surface area contributed by atoms with E-state index in [9.17, 15) is 4.79 Å². The number of hydrogen-bond donors (Lipinski definition) is 2. The van der Waals surface area contributed by atoms with E-state index in [0.29, 0.717) is 63.6 Å². The summed E-state index contributed by atoms with van der Waals surface area (Å²) in [6.07, 6.45) is 0. The molecule has 0 saturated heterocycles. The van der Waals surface area contributed by atoms with Gasteiger partial charge in [0.2, 0.25) is 11.1 Å². The number of nitrogens with one attached hydrogen (secondary N) is 2.